The van der Waals surface area contributed by atoms with Gasteiger partial charge in [-0.2, -0.15) is 0 Å². The van der Waals surface area contributed by atoms with Crippen LogP contribution in [0, 0.1) is 0 Å². The van der Waals surface area contributed by atoms with Crippen molar-refractivity contribution in [2.75, 3.05) is 6.61 Å². The highest BCUT2D eigenvalue weighted by atomic mass is 79.9. The van der Waals surface area contributed by atoms with Gasteiger partial charge in [-0.15, -0.1) is 0 Å². The van der Waals surface area contributed by atoms with Crippen LogP contribution >= 0.6 is 31.9 Å². The van der Waals surface area contributed by atoms with Crippen molar-refractivity contribution in [2.24, 2.45) is 0 Å². The minimum atomic E-state index is -0.00694. The Kier molecular flexibility index (Phi) is 3.98. The van der Waals surface area contributed by atoms with E-state index in [1.165, 1.54) is 0 Å². The monoisotopic (exact) mass is 228 g/mol. The smallest absolute Gasteiger partial charge is 0.0686 e. The maximum Gasteiger partial charge on any atom is 0.0686 e. The van der Waals surface area contributed by atoms with Crippen molar-refractivity contribution in [3.63, 3.8) is 0 Å². The molecule has 0 aromatic rings. The molecule has 0 spiro atoms. The molecule has 0 aromatic heterocycles. The third kappa shape index (κ3) is 3.26. The summed E-state index contributed by atoms with van der Waals surface area (Å²) in [6.45, 7) is 3.62. The summed E-state index contributed by atoms with van der Waals surface area (Å²) >= 11 is 6.24. The van der Waals surface area contributed by atoms with E-state index >= 15 is 0 Å². The van der Waals surface area contributed by atoms with Crippen LogP contribution in [0.3, 0.4) is 0 Å². The average Bonchev–Trinajstić information content (AvgIpc) is 1.65. The normalized spacial score (nSPS) is 13.6. The van der Waals surface area contributed by atoms with Crippen LogP contribution in [0.1, 0.15) is 0 Å². The molecule has 0 aliphatic rings. The number of hydrogen-bond donors (Lipinski definition) is 1. The van der Waals surface area contributed by atoms with E-state index in [2.05, 4.69) is 38.4 Å². The van der Waals surface area contributed by atoms with Gasteiger partial charge in [-0.05, 0) is 0 Å². The Morgan fingerprint density at radius 1 is 1.86 bits per heavy atom. The van der Waals surface area contributed by atoms with Gasteiger partial charge in [0.1, 0.15) is 0 Å². The Balaban J connectivity index is 3.34. The standard InChI is InChI=1S/C4H6Br2O/c1-3(5)4(6)2-7/h4,7H,1-2H2. The molecule has 0 fully saturated rings. The summed E-state index contributed by atoms with van der Waals surface area (Å²) in [5.41, 5.74) is 0. The number of rotatable bonds is 2. The van der Waals surface area contributed by atoms with Crippen LogP contribution in [0.25, 0.3) is 0 Å². The van der Waals surface area contributed by atoms with Gasteiger partial charge < -0.3 is 5.11 Å². The lowest BCUT2D eigenvalue weighted by molar-refractivity contribution is 0.308. The first kappa shape index (κ1) is 7.66. The van der Waals surface area contributed by atoms with E-state index in [9.17, 15) is 0 Å². The van der Waals surface area contributed by atoms with E-state index in [4.69, 9.17) is 5.11 Å². The fourth-order valence-corrected chi connectivity index (χ4v) is 0.244. The molecule has 7 heavy (non-hydrogen) atoms. The van der Waals surface area contributed by atoms with Gasteiger partial charge in [-0.25, -0.2) is 0 Å². The van der Waals surface area contributed by atoms with Gasteiger partial charge in [0.25, 0.3) is 0 Å². The van der Waals surface area contributed by atoms with Crippen LogP contribution in [-0.2, 0) is 0 Å². The molecular formula is C4H6Br2O. The van der Waals surface area contributed by atoms with Crippen LogP contribution < -0.4 is 0 Å². The van der Waals surface area contributed by atoms with Crippen molar-refractivity contribution in [3.05, 3.63) is 11.1 Å². The number of aliphatic hydroxyl groups excluding tert-OH is 1. The first-order chi connectivity index (χ1) is 3.18. The highest BCUT2D eigenvalue weighted by Gasteiger charge is 2.00. The molecule has 0 saturated carbocycles. The lowest BCUT2D eigenvalue weighted by atomic mass is 10.5. The summed E-state index contributed by atoms with van der Waals surface area (Å²) in [5.74, 6) is 0. The lowest BCUT2D eigenvalue weighted by Crippen LogP contribution is -2.01. The Morgan fingerprint density at radius 2 is 2.29 bits per heavy atom. The van der Waals surface area contributed by atoms with E-state index in [1.807, 2.05) is 0 Å². The molecule has 0 rings (SSSR count). The molecule has 0 amide bonds. The van der Waals surface area contributed by atoms with E-state index in [1.54, 1.807) is 0 Å². The Labute approximate surface area is 59.7 Å². The van der Waals surface area contributed by atoms with Crippen molar-refractivity contribution < 1.29 is 5.11 Å². The zero-order valence-electron chi connectivity index (χ0n) is 3.69. The summed E-state index contributed by atoms with van der Waals surface area (Å²) in [4.78, 5) is -0.00694. The van der Waals surface area contributed by atoms with Gasteiger partial charge in [0.2, 0.25) is 0 Å². The molecule has 1 atom stereocenters. The van der Waals surface area contributed by atoms with E-state index in [-0.39, 0.29) is 11.4 Å². The third-order valence-corrected chi connectivity index (χ3v) is 2.51. The van der Waals surface area contributed by atoms with Gasteiger partial charge in [0, 0.05) is 4.48 Å². The average molecular weight is 230 g/mol. The lowest BCUT2D eigenvalue weighted by Gasteiger charge is -1.99. The van der Waals surface area contributed by atoms with Crippen molar-refractivity contribution in [1.29, 1.82) is 0 Å². The summed E-state index contributed by atoms with van der Waals surface area (Å²) in [5, 5.41) is 8.37. The van der Waals surface area contributed by atoms with Crippen LogP contribution in [0.2, 0.25) is 0 Å². The molecule has 0 aliphatic heterocycles. The molecule has 0 bridgehead atoms. The van der Waals surface area contributed by atoms with E-state index in [0.717, 1.165) is 4.48 Å². The fraction of sp³-hybridized carbons (Fsp3) is 0.500. The maximum absolute atomic E-state index is 8.37. The van der Waals surface area contributed by atoms with Gasteiger partial charge in [-0.1, -0.05) is 38.4 Å². The molecule has 1 N–H and O–H groups in total. The van der Waals surface area contributed by atoms with Crippen LogP contribution in [0.15, 0.2) is 11.1 Å². The van der Waals surface area contributed by atoms with E-state index < -0.39 is 0 Å². The molecule has 0 saturated heterocycles. The molecule has 0 aliphatic carbocycles. The van der Waals surface area contributed by atoms with Gasteiger partial charge >= 0.3 is 0 Å². The molecule has 1 unspecified atom stereocenters. The minimum Gasteiger partial charge on any atom is -0.395 e. The quantitative estimate of drug-likeness (QED) is 0.715. The molecule has 42 valence electrons. The second kappa shape index (κ2) is 3.64. The van der Waals surface area contributed by atoms with Crippen LogP contribution in [-0.4, -0.2) is 16.5 Å². The SMILES string of the molecule is C=C(Br)C(Br)CO. The maximum atomic E-state index is 8.37. The Bertz CT molecular complexity index is 72.1. The van der Waals surface area contributed by atoms with Gasteiger partial charge in [0.15, 0.2) is 0 Å². The Morgan fingerprint density at radius 3 is 2.29 bits per heavy atom. The highest BCUT2D eigenvalue weighted by molar-refractivity contribution is 9.14. The fourth-order valence-electron chi connectivity index (χ4n) is 0.0991. The largest absolute Gasteiger partial charge is 0.395 e. The minimum absolute atomic E-state index is 0.00694. The third-order valence-electron chi connectivity index (χ3n) is 0.500. The first-order valence-corrected chi connectivity index (χ1v) is 3.48. The highest BCUT2D eigenvalue weighted by Crippen LogP contribution is 2.14. The summed E-state index contributed by atoms with van der Waals surface area (Å²) < 4.78 is 0.773. The molecule has 0 radical (unpaired) electrons. The number of aliphatic hydroxyl groups is 1. The Hall–Kier alpha value is 0.660. The zero-order valence-corrected chi connectivity index (χ0v) is 6.87. The summed E-state index contributed by atoms with van der Waals surface area (Å²) in [6, 6.07) is 0. The molecule has 0 aromatic carbocycles. The van der Waals surface area contributed by atoms with Crippen LogP contribution in [0.4, 0.5) is 0 Å². The van der Waals surface area contributed by atoms with Crippen molar-refractivity contribution in [3.8, 4) is 0 Å². The number of alkyl halides is 1. The van der Waals surface area contributed by atoms with E-state index in [0.29, 0.717) is 0 Å². The predicted molar refractivity (Wildman–Crippen MR) is 37.9 cm³/mol. The predicted octanol–water partition coefficient (Wildman–Crippen LogP) is 1.65. The number of hydrogen-bond acceptors (Lipinski definition) is 1. The summed E-state index contributed by atoms with van der Waals surface area (Å²) in [6.07, 6.45) is 0. The first-order valence-electron chi connectivity index (χ1n) is 1.77. The van der Waals surface area contributed by atoms with Gasteiger partial charge in [0.05, 0.1) is 11.4 Å². The molecule has 1 nitrogen and oxygen atoms in total. The second-order valence-electron chi connectivity index (χ2n) is 1.10. The number of halogens is 2. The molecular weight excluding hydrogens is 224 g/mol. The van der Waals surface area contributed by atoms with Crippen LogP contribution in [0.5, 0.6) is 0 Å². The topological polar surface area (TPSA) is 20.2 Å². The van der Waals surface area contributed by atoms with Crippen molar-refractivity contribution in [1.82, 2.24) is 0 Å². The second-order valence-corrected chi connectivity index (χ2v) is 3.22. The van der Waals surface area contributed by atoms with Crippen molar-refractivity contribution in [2.45, 2.75) is 4.83 Å². The molecule has 3 heteroatoms. The summed E-state index contributed by atoms with van der Waals surface area (Å²) in [7, 11) is 0. The van der Waals surface area contributed by atoms with Gasteiger partial charge in [-0.3, -0.25) is 0 Å². The zero-order chi connectivity index (χ0) is 5.86. The van der Waals surface area contributed by atoms with Crippen molar-refractivity contribution >= 4 is 31.9 Å². The molecule has 0 heterocycles.